The molecule has 2 rings (SSSR count). The number of nitrogens with zero attached hydrogens (tertiary/aromatic N) is 4. The number of halogens is 2. The van der Waals surface area contributed by atoms with Gasteiger partial charge in [0.25, 0.3) is 0 Å². The summed E-state index contributed by atoms with van der Waals surface area (Å²) in [7, 11) is 0. The highest BCUT2D eigenvalue weighted by Gasteiger charge is 2.32. The van der Waals surface area contributed by atoms with Crippen molar-refractivity contribution in [3.63, 3.8) is 0 Å². The minimum absolute atomic E-state index is 0.00127. The minimum atomic E-state index is -0.541. The second kappa shape index (κ2) is 6.24. The van der Waals surface area contributed by atoms with Gasteiger partial charge in [0.05, 0.1) is 6.20 Å². The molecule has 122 valence electrons. The fourth-order valence-corrected chi connectivity index (χ4v) is 2.43. The third-order valence-electron chi connectivity index (χ3n) is 3.25. The van der Waals surface area contributed by atoms with Gasteiger partial charge < -0.3 is 14.5 Å². The van der Waals surface area contributed by atoms with Crippen LogP contribution < -0.4 is 4.90 Å². The van der Waals surface area contributed by atoms with Crippen LogP contribution in [-0.2, 0) is 4.74 Å². The van der Waals surface area contributed by atoms with E-state index in [-0.39, 0.29) is 23.2 Å². The quantitative estimate of drug-likeness (QED) is 0.741. The number of carbonyl (C=O) groups excluding carboxylic acids is 1. The molecule has 1 aliphatic rings. The maximum atomic E-state index is 13.8. The molecule has 6 nitrogen and oxygen atoms in total. The predicted molar refractivity (Wildman–Crippen MR) is 81.6 cm³/mol. The molecule has 2 heterocycles. The molecule has 0 N–H and O–H groups in total. The molecular formula is C14H20ClFN4O2. The first-order valence-corrected chi connectivity index (χ1v) is 7.48. The molecule has 1 aromatic rings. The SMILES string of the molecule is C[C@H]1CN(c2nc(Cl)ncc2F)CCN1C(=O)OC(C)(C)C. The van der Waals surface area contributed by atoms with E-state index in [1.165, 1.54) is 0 Å². The first kappa shape index (κ1) is 16.7. The van der Waals surface area contributed by atoms with E-state index in [1.807, 2.05) is 27.7 Å². The number of ether oxygens (including phenoxy) is 1. The van der Waals surface area contributed by atoms with Crippen molar-refractivity contribution in [2.75, 3.05) is 24.5 Å². The molecule has 22 heavy (non-hydrogen) atoms. The van der Waals surface area contributed by atoms with Crippen molar-refractivity contribution in [2.45, 2.75) is 39.3 Å². The predicted octanol–water partition coefficient (Wildman–Crippen LogP) is 2.71. The molecule has 0 radical (unpaired) electrons. The van der Waals surface area contributed by atoms with Crippen LogP contribution >= 0.6 is 11.6 Å². The third-order valence-corrected chi connectivity index (χ3v) is 3.43. The molecule has 1 amide bonds. The van der Waals surface area contributed by atoms with E-state index in [0.717, 1.165) is 6.20 Å². The second-order valence-corrected chi connectivity index (χ2v) is 6.62. The van der Waals surface area contributed by atoms with Crippen molar-refractivity contribution in [1.82, 2.24) is 14.9 Å². The molecule has 0 aliphatic carbocycles. The van der Waals surface area contributed by atoms with Gasteiger partial charge in [0.2, 0.25) is 5.28 Å². The number of piperazine rings is 1. The standard InChI is InChI=1S/C14H20ClFN4O2/c1-9-8-19(11-10(16)7-17-12(15)18-11)5-6-20(9)13(21)22-14(2,3)4/h7,9H,5-6,8H2,1-4H3/t9-/m0/s1. The van der Waals surface area contributed by atoms with E-state index >= 15 is 0 Å². The van der Waals surface area contributed by atoms with Crippen LogP contribution in [0.2, 0.25) is 5.28 Å². The fourth-order valence-electron chi connectivity index (χ4n) is 2.30. The summed E-state index contributed by atoms with van der Waals surface area (Å²) in [6, 6.07) is -0.128. The molecule has 0 aromatic carbocycles. The van der Waals surface area contributed by atoms with Gasteiger partial charge in [-0.15, -0.1) is 0 Å². The second-order valence-electron chi connectivity index (χ2n) is 6.28. The van der Waals surface area contributed by atoms with E-state index in [1.54, 1.807) is 9.80 Å². The lowest BCUT2D eigenvalue weighted by atomic mass is 10.2. The average molecular weight is 331 g/mol. The lowest BCUT2D eigenvalue weighted by Gasteiger charge is -2.40. The van der Waals surface area contributed by atoms with E-state index in [2.05, 4.69) is 9.97 Å². The lowest BCUT2D eigenvalue weighted by Crippen LogP contribution is -2.55. The van der Waals surface area contributed by atoms with Crippen molar-refractivity contribution in [1.29, 1.82) is 0 Å². The van der Waals surface area contributed by atoms with Gasteiger partial charge in [0.1, 0.15) is 5.60 Å². The van der Waals surface area contributed by atoms with E-state index < -0.39 is 11.4 Å². The summed E-state index contributed by atoms with van der Waals surface area (Å²) in [6.07, 6.45) is 0.691. The molecule has 1 fully saturated rings. The zero-order valence-electron chi connectivity index (χ0n) is 13.1. The van der Waals surface area contributed by atoms with Crippen LogP contribution in [0.15, 0.2) is 6.20 Å². The maximum absolute atomic E-state index is 13.8. The van der Waals surface area contributed by atoms with Gasteiger partial charge in [-0.1, -0.05) is 0 Å². The Morgan fingerprint density at radius 3 is 2.73 bits per heavy atom. The normalized spacial score (nSPS) is 19.3. The van der Waals surface area contributed by atoms with Gasteiger partial charge in [0.15, 0.2) is 11.6 Å². The van der Waals surface area contributed by atoms with Gasteiger partial charge in [-0.25, -0.2) is 14.2 Å². The number of carbonyl (C=O) groups is 1. The molecule has 1 atom stereocenters. The van der Waals surface area contributed by atoms with Gasteiger partial charge in [-0.05, 0) is 39.3 Å². The van der Waals surface area contributed by atoms with Crippen LogP contribution in [0.5, 0.6) is 0 Å². The van der Waals surface area contributed by atoms with E-state index in [9.17, 15) is 9.18 Å². The molecule has 0 bridgehead atoms. The van der Waals surface area contributed by atoms with Crippen molar-refractivity contribution in [2.24, 2.45) is 0 Å². The Morgan fingerprint density at radius 1 is 1.45 bits per heavy atom. The van der Waals surface area contributed by atoms with Crippen LogP contribution in [-0.4, -0.2) is 52.2 Å². The number of rotatable bonds is 1. The highest BCUT2D eigenvalue weighted by molar-refractivity contribution is 6.28. The molecule has 8 heteroatoms. The van der Waals surface area contributed by atoms with Crippen LogP contribution in [0.4, 0.5) is 15.0 Å². The Bertz CT molecular complexity index is 564. The van der Waals surface area contributed by atoms with Gasteiger partial charge in [0, 0.05) is 25.7 Å². The fraction of sp³-hybridized carbons (Fsp3) is 0.643. The first-order valence-electron chi connectivity index (χ1n) is 7.10. The van der Waals surface area contributed by atoms with Crippen LogP contribution in [0, 0.1) is 5.82 Å². The van der Waals surface area contributed by atoms with Crippen molar-refractivity contribution < 1.29 is 13.9 Å². The largest absolute Gasteiger partial charge is 0.444 e. The highest BCUT2D eigenvalue weighted by atomic mass is 35.5. The zero-order valence-corrected chi connectivity index (χ0v) is 13.9. The van der Waals surface area contributed by atoms with Crippen molar-refractivity contribution >= 4 is 23.5 Å². The minimum Gasteiger partial charge on any atom is -0.444 e. The smallest absolute Gasteiger partial charge is 0.410 e. The van der Waals surface area contributed by atoms with Crippen LogP contribution in [0.3, 0.4) is 0 Å². The van der Waals surface area contributed by atoms with Gasteiger partial charge >= 0.3 is 6.09 Å². The Labute approximate surface area is 134 Å². The van der Waals surface area contributed by atoms with Crippen LogP contribution in [0.1, 0.15) is 27.7 Å². The summed E-state index contributed by atoms with van der Waals surface area (Å²) in [5.74, 6) is -0.363. The molecule has 1 aliphatic heterocycles. The topological polar surface area (TPSA) is 58.6 Å². The molecule has 0 saturated carbocycles. The average Bonchev–Trinajstić information content (AvgIpc) is 2.39. The van der Waals surface area contributed by atoms with Crippen LogP contribution in [0.25, 0.3) is 0 Å². The number of aromatic nitrogens is 2. The van der Waals surface area contributed by atoms with Gasteiger partial charge in [-0.2, -0.15) is 4.98 Å². The summed E-state index contributed by atoms with van der Waals surface area (Å²) in [5.41, 5.74) is -0.541. The maximum Gasteiger partial charge on any atom is 0.410 e. The van der Waals surface area contributed by atoms with Crippen molar-refractivity contribution in [3.05, 3.63) is 17.3 Å². The Kier molecular flexibility index (Phi) is 4.75. The molecule has 1 saturated heterocycles. The van der Waals surface area contributed by atoms with Gasteiger partial charge in [-0.3, -0.25) is 0 Å². The first-order chi connectivity index (χ1) is 10.2. The molecule has 0 unspecified atom stereocenters. The summed E-state index contributed by atoms with van der Waals surface area (Å²) < 4.78 is 19.2. The molecular weight excluding hydrogens is 311 g/mol. The Hall–Kier alpha value is -1.63. The summed E-state index contributed by atoms with van der Waals surface area (Å²) in [5, 5.41) is -0.00127. The summed E-state index contributed by atoms with van der Waals surface area (Å²) in [6.45, 7) is 8.68. The number of hydrogen-bond acceptors (Lipinski definition) is 5. The zero-order chi connectivity index (χ0) is 16.5. The Balaban J connectivity index is 2.06. The third kappa shape index (κ3) is 3.97. The summed E-state index contributed by atoms with van der Waals surface area (Å²) >= 11 is 5.72. The summed E-state index contributed by atoms with van der Waals surface area (Å²) in [4.78, 5) is 23.1. The monoisotopic (exact) mass is 330 g/mol. The van der Waals surface area contributed by atoms with E-state index in [4.69, 9.17) is 16.3 Å². The molecule has 0 spiro atoms. The molecule has 1 aromatic heterocycles. The number of amides is 1. The number of anilines is 1. The highest BCUT2D eigenvalue weighted by Crippen LogP contribution is 2.22. The lowest BCUT2D eigenvalue weighted by molar-refractivity contribution is 0.0158. The van der Waals surface area contributed by atoms with Crippen molar-refractivity contribution in [3.8, 4) is 0 Å². The number of hydrogen-bond donors (Lipinski definition) is 0. The van der Waals surface area contributed by atoms with E-state index in [0.29, 0.717) is 19.6 Å². The Morgan fingerprint density at radius 2 is 2.14 bits per heavy atom.